The van der Waals surface area contributed by atoms with Gasteiger partial charge in [-0.3, -0.25) is 0 Å². The summed E-state index contributed by atoms with van der Waals surface area (Å²) in [6.07, 6.45) is 2.44. The fourth-order valence-electron chi connectivity index (χ4n) is 1.76. The average Bonchev–Trinajstić information content (AvgIpc) is 2.96. The average molecular weight is 251 g/mol. The van der Waals surface area contributed by atoms with Crippen LogP contribution in [0, 0.1) is 0 Å². The van der Waals surface area contributed by atoms with Crippen LogP contribution in [0.15, 0.2) is 35.0 Å². The molecule has 1 N–H and O–H groups in total. The maximum absolute atomic E-state index is 3.65. The molecule has 3 heteroatoms. The molecule has 2 rings (SSSR count). The Morgan fingerprint density at radius 2 is 2.00 bits per heavy atom. The topological polar surface area (TPSA) is 12.0 Å². The Balaban J connectivity index is 1.93. The summed E-state index contributed by atoms with van der Waals surface area (Å²) < 4.78 is 0. The lowest BCUT2D eigenvalue weighted by molar-refractivity contribution is 0.503. The standard InChI is InChI=1S/C13H17NS2/c1-2-5-12(13-7-4-9-16-13)14-10-11-6-3-8-15-11/h3-4,6-9,12,14H,2,5,10H2,1H3. The fraction of sp³-hybridized carbons (Fsp3) is 0.385. The third-order valence-electron chi connectivity index (χ3n) is 2.57. The van der Waals surface area contributed by atoms with E-state index >= 15 is 0 Å². The first-order valence-electron chi connectivity index (χ1n) is 5.69. The van der Waals surface area contributed by atoms with Gasteiger partial charge in [0.2, 0.25) is 0 Å². The Morgan fingerprint density at radius 1 is 1.19 bits per heavy atom. The first-order valence-corrected chi connectivity index (χ1v) is 7.45. The van der Waals surface area contributed by atoms with Crippen molar-refractivity contribution in [3.8, 4) is 0 Å². The molecule has 0 aromatic carbocycles. The molecule has 0 fully saturated rings. The molecule has 0 radical (unpaired) electrons. The minimum absolute atomic E-state index is 0.520. The highest BCUT2D eigenvalue weighted by Gasteiger charge is 2.10. The summed E-state index contributed by atoms with van der Waals surface area (Å²) in [5.41, 5.74) is 0. The van der Waals surface area contributed by atoms with E-state index in [1.807, 2.05) is 22.7 Å². The van der Waals surface area contributed by atoms with Crippen LogP contribution in [-0.4, -0.2) is 0 Å². The molecule has 0 saturated carbocycles. The molecular formula is C13H17NS2. The van der Waals surface area contributed by atoms with Crippen molar-refractivity contribution >= 4 is 22.7 Å². The van der Waals surface area contributed by atoms with E-state index in [1.165, 1.54) is 22.6 Å². The van der Waals surface area contributed by atoms with Gasteiger partial charge in [0.05, 0.1) is 0 Å². The minimum Gasteiger partial charge on any atom is -0.304 e. The van der Waals surface area contributed by atoms with Crippen LogP contribution < -0.4 is 5.32 Å². The highest BCUT2D eigenvalue weighted by atomic mass is 32.1. The van der Waals surface area contributed by atoms with Gasteiger partial charge in [0.15, 0.2) is 0 Å². The third-order valence-corrected chi connectivity index (χ3v) is 4.43. The van der Waals surface area contributed by atoms with Gasteiger partial charge < -0.3 is 5.32 Å². The summed E-state index contributed by atoms with van der Waals surface area (Å²) in [6.45, 7) is 3.23. The lowest BCUT2D eigenvalue weighted by Crippen LogP contribution is -2.19. The summed E-state index contributed by atoms with van der Waals surface area (Å²) in [7, 11) is 0. The number of hydrogen-bond donors (Lipinski definition) is 1. The van der Waals surface area contributed by atoms with Gasteiger partial charge in [-0.25, -0.2) is 0 Å². The molecule has 0 aliphatic heterocycles. The molecule has 0 amide bonds. The third kappa shape index (κ3) is 3.17. The van der Waals surface area contributed by atoms with Gasteiger partial charge >= 0.3 is 0 Å². The van der Waals surface area contributed by atoms with E-state index in [-0.39, 0.29) is 0 Å². The smallest absolute Gasteiger partial charge is 0.0417 e. The SMILES string of the molecule is CCCC(NCc1cccs1)c1cccs1. The largest absolute Gasteiger partial charge is 0.304 e. The molecule has 0 aliphatic carbocycles. The molecule has 2 aromatic heterocycles. The predicted octanol–water partition coefficient (Wildman–Crippen LogP) is 4.44. The van der Waals surface area contributed by atoms with Crippen LogP contribution in [0.3, 0.4) is 0 Å². The fourth-order valence-corrected chi connectivity index (χ4v) is 3.25. The van der Waals surface area contributed by atoms with Gasteiger partial charge in [-0.1, -0.05) is 25.5 Å². The van der Waals surface area contributed by atoms with E-state index in [9.17, 15) is 0 Å². The second-order valence-electron chi connectivity index (χ2n) is 3.82. The van der Waals surface area contributed by atoms with Crippen LogP contribution >= 0.6 is 22.7 Å². The van der Waals surface area contributed by atoms with Gasteiger partial charge in [0, 0.05) is 22.3 Å². The summed E-state index contributed by atoms with van der Waals surface area (Å²) in [4.78, 5) is 2.87. The van der Waals surface area contributed by atoms with Crippen molar-refractivity contribution in [3.05, 3.63) is 44.8 Å². The van der Waals surface area contributed by atoms with Gasteiger partial charge in [0.25, 0.3) is 0 Å². The number of nitrogens with one attached hydrogen (secondary N) is 1. The molecule has 2 heterocycles. The normalized spacial score (nSPS) is 12.8. The van der Waals surface area contributed by atoms with Crippen molar-refractivity contribution in [1.29, 1.82) is 0 Å². The monoisotopic (exact) mass is 251 g/mol. The summed E-state index contributed by atoms with van der Waals surface area (Å²) in [5.74, 6) is 0. The van der Waals surface area contributed by atoms with Crippen molar-refractivity contribution in [2.75, 3.05) is 0 Å². The zero-order valence-electron chi connectivity index (χ0n) is 9.48. The van der Waals surface area contributed by atoms with Crippen LogP contribution in [0.5, 0.6) is 0 Å². The first kappa shape index (κ1) is 11.8. The molecular weight excluding hydrogens is 234 g/mol. The van der Waals surface area contributed by atoms with Crippen molar-refractivity contribution in [3.63, 3.8) is 0 Å². The lowest BCUT2D eigenvalue weighted by Gasteiger charge is -2.16. The second kappa shape index (κ2) is 6.18. The zero-order valence-corrected chi connectivity index (χ0v) is 11.1. The molecule has 0 bridgehead atoms. The minimum atomic E-state index is 0.520. The second-order valence-corrected chi connectivity index (χ2v) is 5.83. The zero-order chi connectivity index (χ0) is 11.2. The Kier molecular flexibility index (Phi) is 4.57. The Hall–Kier alpha value is -0.640. The van der Waals surface area contributed by atoms with E-state index < -0.39 is 0 Å². The van der Waals surface area contributed by atoms with Crippen LogP contribution in [-0.2, 0) is 6.54 Å². The maximum Gasteiger partial charge on any atom is 0.0417 e. The molecule has 86 valence electrons. The molecule has 1 unspecified atom stereocenters. The van der Waals surface area contributed by atoms with Gasteiger partial charge in [-0.15, -0.1) is 22.7 Å². The van der Waals surface area contributed by atoms with Gasteiger partial charge in [-0.2, -0.15) is 0 Å². The first-order chi connectivity index (χ1) is 7.90. The van der Waals surface area contributed by atoms with Crippen LogP contribution in [0.2, 0.25) is 0 Å². The number of thiophene rings is 2. The van der Waals surface area contributed by atoms with E-state index in [0.717, 1.165) is 6.54 Å². The Labute approximate surface area is 105 Å². The quantitative estimate of drug-likeness (QED) is 0.800. The van der Waals surface area contributed by atoms with Crippen LogP contribution in [0.1, 0.15) is 35.6 Å². The van der Waals surface area contributed by atoms with E-state index in [4.69, 9.17) is 0 Å². The molecule has 0 saturated heterocycles. The summed E-state index contributed by atoms with van der Waals surface area (Å²) >= 11 is 3.67. The molecule has 0 spiro atoms. The molecule has 2 aromatic rings. The number of hydrogen-bond acceptors (Lipinski definition) is 3. The highest BCUT2D eigenvalue weighted by Crippen LogP contribution is 2.24. The molecule has 1 atom stereocenters. The Bertz CT molecular complexity index is 378. The van der Waals surface area contributed by atoms with E-state index in [2.05, 4.69) is 47.3 Å². The van der Waals surface area contributed by atoms with Crippen LogP contribution in [0.25, 0.3) is 0 Å². The van der Waals surface area contributed by atoms with Crippen LogP contribution in [0.4, 0.5) is 0 Å². The van der Waals surface area contributed by atoms with E-state index in [0.29, 0.717) is 6.04 Å². The van der Waals surface area contributed by atoms with Crippen molar-refractivity contribution < 1.29 is 0 Å². The van der Waals surface area contributed by atoms with Crippen molar-refractivity contribution in [2.45, 2.75) is 32.4 Å². The number of rotatable bonds is 6. The highest BCUT2D eigenvalue weighted by molar-refractivity contribution is 7.10. The summed E-state index contributed by atoms with van der Waals surface area (Å²) in [6, 6.07) is 9.19. The summed E-state index contributed by atoms with van der Waals surface area (Å²) in [5, 5.41) is 7.94. The predicted molar refractivity (Wildman–Crippen MR) is 73.1 cm³/mol. The van der Waals surface area contributed by atoms with Gasteiger partial charge in [0.1, 0.15) is 0 Å². The molecule has 1 nitrogen and oxygen atoms in total. The Morgan fingerprint density at radius 3 is 2.62 bits per heavy atom. The molecule has 0 aliphatic rings. The van der Waals surface area contributed by atoms with Crippen molar-refractivity contribution in [1.82, 2.24) is 5.32 Å². The lowest BCUT2D eigenvalue weighted by atomic mass is 10.1. The van der Waals surface area contributed by atoms with E-state index in [1.54, 1.807) is 0 Å². The maximum atomic E-state index is 3.65. The van der Waals surface area contributed by atoms with Gasteiger partial charge in [-0.05, 0) is 29.3 Å². The van der Waals surface area contributed by atoms with Crippen molar-refractivity contribution in [2.24, 2.45) is 0 Å². The molecule has 16 heavy (non-hydrogen) atoms.